The molecule has 1 fully saturated rings. The van der Waals surface area contributed by atoms with Gasteiger partial charge in [-0.2, -0.15) is 4.31 Å². The minimum atomic E-state index is -3.73. The summed E-state index contributed by atoms with van der Waals surface area (Å²) in [4.78, 5) is 11.3. The summed E-state index contributed by atoms with van der Waals surface area (Å²) in [6, 6.07) is 12.1. The molecule has 2 aromatic carbocycles. The molecule has 0 bridgehead atoms. The first-order chi connectivity index (χ1) is 14.8. The summed E-state index contributed by atoms with van der Waals surface area (Å²) in [5, 5.41) is 10.6. The molecule has 1 aliphatic rings. The molecule has 10 heteroatoms. The highest BCUT2D eigenvalue weighted by Gasteiger charge is 2.33. The summed E-state index contributed by atoms with van der Waals surface area (Å²) in [6.45, 7) is 1.95. The standard InChI is InChI=1S/C21H21FN4O4S/c1-14(27)23-16-8-10-17(11-9-16)31(28,29)26-12-4-5-15(13-26)20-24-25-21(30-20)18-6-2-3-7-19(18)22/h2-3,6-11,15H,4-5,12-13H2,1H3,(H,23,27)/t15-/m0/s1. The van der Waals surface area contributed by atoms with Crippen molar-refractivity contribution >= 4 is 21.6 Å². The molecule has 1 aromatic heterocycles. The van der Waals surface area contributed by atoms with E-state index in [-0.39, 0.29) is 34.7 Å². The lowest BCUT2D eigenvalue weighted by Crippen LogP contribution is -2.39. The van der Waals surface area contributed by atoms with Crippen molar-refractivity contribution in [1.82, 2.24) is 14.5 Å². The van der Waals surface area contributed by atoms with E-state index < -0.39 is 15.8 Å². The fourth-order valence-electron chi connectivity index (χ4n) is 3.57. The largest absolute Gasteiger partial charge is 0.420 e. The van der Waals surface area contributed by atoms with Gasteiger partial charge in [-0.3, -0.25) is 4.79 Å². The number of nitrogens with one attached hydrogen (secondary N) is 1. The van der Waals surface area contributed by atoms with E-state index in [1.54, 1.807) is 30.3 Å². The SMILES string of the molecule is CC(=O)Nc1ccc(S(=O)(=O)N2CCC[C@H](c3nnc(-c4ccccc4F)o3)C2)cc1. The molecular weight excluding hydrogens is 423 g/mol. The van der Waals surface area contributed by atoms with Crippen LogP contribution in [0.5, 0.6) is 0 Å². The fraction of sp³-hybridized carbons (Fsp3) is 0.286. The Morgan fingerprint density at radius 2 is 1.90 bits per heavy atom. The number of halogens is 1. The van der Waals surface area contributed by atoms with Gasteiger partial charge in [0.15, 0.2) is 0 Å². The molecule has 0 saturated carbocycles. The summed E-state index contributed by atoms with van der Waals surface area (Å²) in [5.41, 5.74) is 0.732. The number of anilines is 1. The first kappa shape index (κ1) is 21.1. The van der Waals surface area contributed by atoms with Crippen LogP contribution in [0.25, 0.3) is 11.5 Å². The number of carbonyl (C=O) groups excluding carboxylic acids is 1. The van der Waals surface area contributed by atoms with Gasteiger partial charge >= 0.3 is 0 Å². The van der Waals surface area contributed by atoms with Crippen LogP contribution in [-0.4, -0.2) is 41.9 Å². The summed E-state index contributed by atoms with van der Waals surface area (Å²) in [7, 11) is -3.73. The van der Waals surface area contributed by atoms with Crippen molar-refractivity contribution < 1.29 is 22.0 Å². The maximum Gasteiger partial charge on any atom is 0.250 e. The van der Waals surface area contributed by atoms with Crippen molar-refractivity contribution in [3.05, 3.63) is 60.2 Å². The molecule has 2 heterocycles. The molecule has 0 spiro atoms. The quantitative estimate of drug-likeness (QED) is 0.647. The van der Waals surface area contributed by atoms with Gasteiger partial charge in [-0.15, -0.1) is 10.2 Å². The Morgan fingerprint density at radius 3 is 2.61 bits per heavy atom. The van der Waals surface area contributed by atoms with Crippen molar-refractivity contribution in [1.29, 1.82) is 0 Å². The third kappa shape index (κ3) is 4.49. The summed E-state index contributed by atoms with van der Waals surface area (Å²) in [6.07, 6.45) is 1.32. The molecule has 8 nitrogen and oxygen atoms in total. The van der Waals surface area contributed by atoms with Crippen LogP contribution in [0.3, 0.4) is 0 Å². The third-order valence-electron chi connectivity index (χ3n) is 5.09. The normalized spacial score (nSPS) is 17.4. The number of piperidine rings is 1. The topological polar surface area (TPSA) is 105 Å². The van der Waals surface area contributed by atoms with E-state index in [0.29, 0.717) is 31.0 Å². The molecule has 4 rings (SSSR count). The zero-order valence-electron chi connectivity index (χ0n) is 16.8. The molecule has 1 aliphatic heterocycles. The Hall–Kier alpha value is -3.11. The molecule has 1 saturated heterocycles. The Kier molecular flexibility index (Phi) is 5.84. The van der Waals surface area contributed by atoms with Crippen molar-refractivity contribution in [2.75, 3.05) is 18.4 Å². The van der Waals surface area contributed by atoms with E-state index >= 15 is 0 Å². The van der Waals surface area contributed by atoms with Gasteiger partial charge in [0.2, 0.25) is 21.8 Å². The maximum atomic E-state index is 14.0. The number of hydrogen-bond acceptors (Lipinski definition) is 6. The second-order valence-electron chi connectivity index (χ2n) is 7.33. The molecule has 1 amide bonds. The second-order valence-corrected chi connectivity index (χ2v) is 9.27. The molecule has 3 aromatic rings. The number of nitrogens with zero attached hydrogens (tertiary/aromatic N) is 3. The van der Waals surface area contributed by atoms with Gasteiger partial charge < -0.3 is 9.73 Å². The number of benzene rings is 2. The minimum absolute atomic E-state index is 0.0710. The van der Waals surface area contributed by atoms with Crippen LogP contribution in [0.4, 0.5) is 10.1 Å². The van der Waals surface area contributed by atoms with Gasteiger partial charge in [-0.25, -0.2) is 12.8 Å². The van der Waals surface area contributed by atoms with Crippen LogP contribution in [0.15, 0.2) is 57.8 Å². The maximum absolute atomic E-state index is 14.0. The molecule has 0 radical (unpaired) electrons. The second kappa shape index (κ2) is 8.56. The summed E-state index contributed by atoms with van der Waals surface area (Å²) < 4.78 is 47.3. The first-order valence-electron chi connectivity index (χ1n) is 9.80. The first-order valence-corrected chi connectivity index (χ1v) is 11.2. The monoisotopic (exact) mass is 444 g/mol. The Labute approximate surface area is 179 Å². The molecule has 0 aliphatic carbocycles. The van der Waals surface area contributed by atoms with Crippen LogP contribution in [0, 0.1) is 5.82 Å². The van der Waals surface area contributed by atoms with E-state index in [9.17, 15) is 17.6 Å². The highest BCUT2D eigenvalue weighted by atomic mass is 32.2. The van der Waals surface area contributed by atoms with Crippen LogP contribution >= 0.6 is 0 Å². The Morgan fingerprint density at radius 1 is 1.16 bits per heavy atom. The smallest absolute Gasteiger partial charge is 0.250 e. The van der Waals surface area contributed by atoms with E-state index in [2.05, 4.69) is 15.5 Å². The van der Waals surface area contributed by atoms with Crippen LogP contribution in [0.1, 0.15) is 31.6 Å². The van der Waals surface area contributed by atoms with Crippen LogP contribution in [-0.2, 0) is 14.8 Å². The fourth-order valence-corrected chi connectivity index (χ4v) is 5.09. The zero-order chi connectivity index (χ0) is 22.0. The van der Waals surface area contributed by atoms with E-state index in [1.807, 2.05) is 0 Å². The van der Waals surface area contributed by atoms with Crippen molar-refractivity contribution in [3.63, 3.8) is 0 Å². The van der Waals surface area contributed by atoms with Gasteiger partial charge in [0.05, 0.1) is 16.4 Å². The van der Waals surface area contributed by atoms with E-state index in [0.717, 1.165) is 0 Å². The third-order valence-corrected chi connectivity index (χ3v) is 6.97. The predicted octanol–water partition coefficient (Wildman–Crippen LogP) is 3.40. The highest BCUT2D eigenvalue weighted by molar-refractivity contribution is 7.89. The molecule has 162 valence electrons. The predicted molar refractivity (Wildman–Crippen MR) is 111 cm³/mol. The molecule has 31 heavy (non-hydrogen) atoms. The highest BCUT2D eigenvalue weighted by Crippen LogP contribution is 2.32. The summed E-state index contributed by atoms with van der Waals surface area (Å²) >= 11 is 0. The van der Waals surface area contributed by atoms with Gasteiger partial charge in [0.1, 0.15) is 5.82 Å². The number of hydrogen-bond donors (Lipinski definition) is 1. The van der Waals surface area contributed by atoms with E-state index in [1.165, 1.54) is 29.4 Å². The van der Waals surface area contributed by atoms with E-state index in [4.69, 9.17) is 4.42 Å². The van der Waals surface area contributed by atoms with Gasteiger partial charge in [0.25, 0.3) is 5.89 Å². The van der Waals surface area contributed by atoms with Crippen LogP contribution < -0.4 is 5.32 Å². The average molecular weight is 444 g/mol. The minimum Gasteiger partial charge on any atom is -0.420 e. The van der Waals surface area contributed by atoms with Crippen LogP contribution in [0.2, 0.25) is 0 Å². The zero-order valence-corrected chi connectivity index (χ0v) is 17.6. The molecular formula is C21H21FN4O4S. The lowest BCUT2D eigenvalue weighted by molar-refractivity contribution is -0.114. The molecule has 1 atom stereocenters. The Bertz CT molecular complexity index is 1190. The molecule has 1 N–H and O–H groups in total. The number of amides is 1. The number of carbonyl (C=O) groups is 1. The van der Waals surface area contributed by atoms with Crippen molar-refractivity contribution in [3.8, 4) is 11.5 Å². The number of aromatic nitrogens is 2. The lowest BCUT2D eigenvalue weighted by Gasteiger charge is -2.30. The van der Waals surface area contributed by atoms with Gasteiger partial charge in [0, 0.05) is 25.7 Å². The Balaban J connectivity index is 1.52. The van der Waals surface area contributed by atoms with Crippen molar-refractivity contribution in [2.45, 2.75) is 30.6 Å². The van der Waals surface area contributed by atoms with Gasteiger partial charge in [-0.1, -0.05) is 12.1 Å². The average Bonchev–Trinajstić information content (AvgIpc) is 3.24. The number of sulfonamides is 1. The number of rotatable bonds is 5. The summed E-state index contributed by atoms with van der Waals surface area (Å²) in [5.74, 6) is -0.618. The van der Waals surface area contributed by atoms with Crippen molar-refractivity contribution in [2.24, 2.45) is 0 Å². The van der Waals surface area contributed by atoms with Gasteiger partial charge in [-0.05, 0) is 49.2 Å². The molecule has 0 unspecified atom stereocenters. The lowest BCUT2D eigenvalue weighted by atomic mass is 10.00.